The van der Waals surface area contributed by atoms with Gasteiger partial charge >= 0.3 is 6.03 Å². The Bertz CT molecular complexity index is 709. The summed E-state index contributed by atoms with van der Waals surface area (Å²) in [7, 11) is 1.82. The molecule has 23 heavy (non-hydrogen) atoms. The van der Waals surface area contributed by atoms with Crippen LogP contribution >= 0.6 is 11.8 Å². The first kappa shape index (κ1) is 17.1. The van der Waals surface area contributed by atoms with E-state index in [1.165, 1.54) is 11.8 Å². The number of hydrogen-bond donors (Lipinski definition) is 2. The number of carbonyl (C=O) groups excluding carboxylic acids is 2. The Morgan fingerprint density at radius 1 is 1.43 bits per heavy atom. The molecule has 2 heterocycles. The minimum atomic E-state index is -0.502. The van der Waals surface area contributed by atoms with E-state index in [0.29, 0.717) is 17.5 Å². The van der Waals surface area contributed by atoms with E-state index >= 15 is 0 Å². The molecule has 2 aromatic rings. The summed E-state index contributed by atoms with van der Waals surface area (Å²) in [6.07, 6.45) is 1.59. The van der Waals surface area contributed by atoms with E-state index in [1.54, 1.807) is 24.7 Å². The van der Waals surface area contributed by atoms with Crippen molar-refractivity contribution >= 4 is 23.7 Å². The smallest absolute Gasteiger partial charge is 0.321 e. The molecule has 0 aliphatic carbocycles. The van der Waals surface area contributed by atoms with E-state index in [2.05, 4.69) is 20.8 Å². The third-order valence-electron chi connectivity index (χ3n) is 3.16. The highest BCUT2D eigenvalue weighted by atomic mass is 32.2. The number of aryl methyl sites for hydroxylation is 1. The number of nitrogens with one attached hydrogen (secondary N) is 2. The fourth-order valence-corrected chi connectivity index (χ4v) is 2.71. The van der Waals surface area contributed by atoms with Gasteiger partial charge in [-0.15, -0.1) is 10.2 Å². The van der Waals surface area contributed by atoms with Gasteiger partial charge < -0.3 is 14.3 Å². The van der Waals surface area contributed by atoms with Crippen molar-refractivity contribution in [3.05, 3.63) is 18.1 Å². The fourth-order valence-electron chi connectivity index (χ4n) is 1.90. The number of urea groups is 1. The van der Waals surface area contributed by atoms with E-state index < -0.39 is 11.3 Å². The molecule has 0 saturated carbocycles. The Hall–Kier alpha value is -2.29. The summed E-state index contributed by atoms with van der Waals surface area (Å²) in [6, 6.07) is 1.32. The van der Waals surface area contributed by atoms with Gasteiger partial charge in [0.2, 0.25) is 5.91 Å². The molecule has 1 atom stereocenters. The Morgan fingerprint density at radius 2 is 2.17 bits per heavy atom. The van der Waals surface area contributed by atoms with Crippen molar-refractivity contribution in [3.8, 4) is 11.4 Å². The summed E-state index contributed by atoms with van der Waals surface area (Å²) in [5.41, 5.74) is 0.853. The van der Waals surface area contributed by atoms with Crippen molar-refractivity contribution in [1.29, 1.82) is 0 Å². The largest absolute Gasteiger partial charge is 0.469 e. The lowest BCUT2D eigenvalue weighted by Crippen LogP contribution is -2.42. The van der Waals surface area contributed by atoms with E-state index in [9.17, 15) is 9.59 Å². The van der Waals surface area contributed by atoms with E-state index in [0.717, 1.165) is 11.3 Å². The predicted octanol–water partition coefficient (Wildman–Crippen LogP) is 1.71. The van der Waals surface area contributed by atoms with Crippen LogP contribution in [0.15, 0.2) is 21.9 Å². The van der Waals surface area contributed by atoms with Crippen LogP contribution in [-0.4, -0.2) is 38.5 Å². The number of amides is 3. The zero-order chi connectivity index (χ0) is 17.0. The highest BCUT2D eigenvalue weighted by Gasteiger charge is 2.21. The molecule has 9 heteroatoms. The lowest BCUT2D eigenvalue weighted by molar-refractivity contribution is -0.119. The lowest BCUT2D eigenvalue weighted by atomic mass is 10.2. The summed E-state index contributed by atoms with van der Waals surface area (Å²) in [5.74, 6) is 1.03. The molecule has 0 saturated heterocycles. The van der Waals surface area contributed by atoms with Crippen molar-refractivity contribution in [2.45, 2.75) is 31.2 Å². The normalized spacial score (nSPS) is 12.0. The number of thioether (sulfide) groups is 1. The first-order valence-electron chi connectivity index (χ1n) is 7.13. The minimum absolute atomic E-state index is 0.384. The molecule has 124 valence electrons. The van der Waals surface area contributed by atoms with Crippen LogP contribution in [0, 0.1) is 6.92 Å². The van der Waals surface area contributed by atoms with Crippen LogP contribution in [0.1, 0.15) is 19.6 Å². The van der Waals surface area contributed by atoms with Crippen LogP contribution in [0.2, 0.25) is 0 Å². The molecule has 0 fully saturated rings. The zero-order valence-electron chi connectivity index (χ0n) is 13.4. The topological polar surface area (TPSA) is 102 Å². The number of rotatable bonds is 5. The van der Waals surface area contributed by atoms with Gasteiger partial charge in [-0.2, -0.15) is 0 Å². The summed E-state index contributed by atoms with van der Waals surface area (Å²) in [5, 5.41) is 13.1. The van der Waals surface area contributed by atoms with Crippen LogP contribution < -0.4 is 10.6 Å². The van der Waals surface area contributed by atoms with Gasteiger partial charge in [0, 0.05) is 13.6 Å². The molecular formula is C14H19N5O3S. The molecule has 3 amide bonds. The lowest BCUT2D eigenvalue weighted by Gasteiger charge is -2.11. The Kier molecular flexibility index (Phi) is 5.43. The molecule has 0 bridgehead atoms. The quantitative estimate of drug-likeness (QED) is 0.805. The van der Waals surface area contributed by atoms with Gasteiger partial charge in [0.15, 0.2) is 11.0 Å². The molecule has 2 aromatic heterocycles. The number of carbonyl (C=O) groups is 2. The van der Waals surface area contributed by atoms with E-state index in [1.807, 2.05) is 20.0 Å². The molecule has 2 N–H and O–H groups in total. The maximum absolute atomic E-state index is 12.0. The van der Waals surface area contributed by atoms with Gasteiger partial charge in [-0.3, -0.25) is 10.1 Å². The van der Waals surface area contributed by atoms with Crippen molar-refractivity contribution in [2.75, 3.05) is 6.54 Å². The van der Waals surface area contributed by atoms with Crippen LogP contribution in [0.25, 0.3) is 11.4 Å². The molecule has 0 aliphatic heterocycles. The van der Waals surface area contributed by atoms with Crippen molar-refractivity contribution in [2.24, 2.45) is 7.05 Å². The number of imide groups is 1. The monoisotopic (exact) mass is 337 g/mol. The van der Waals surface area contributed by atoms with Crippen LogP contribution in [0.3, 0.4) is 0 Å². The van der Waals surface area contributed by atoms with Crippen LogP contribution in [-0.2, 0) is 11.8 Å². The first-order chi connectivity index (χ1) is 10.9. The third kappa shape index (κ3) is 3.92. The average Bonchev–Trinajstić information content (AvgIpc) is 3.06. The molecule has 0 aromatic carbocycles. The van der Waals surface area contributed by atoms with E-state index in [4.69, 9.17) is 4.42 Å². The second-order valence-electron chi connectivity index (χ2n) is 4.86. The number of nitrogens with zero attached hydrogens (tertiary/aromatic N) is 3. The minimum Gasteiger partial charge on any atom is -0.469 e. The van der Waals surface area contributed by atoms with Gasteiger partial charge in [-0.1, -0.05) is 11.8 Å². The number of aromatic nitrogens is 3. The number of furan rings is 1. The van der Waals surface area contributed by atoms with Gasteiger partial charge in [0.05, 0.1) is 17.1 Å². The fraction of sp³-hybridized carbons (Fsp3) is 0.429. The van der Waals surface area contributed by atoms with Gasteiger partial charge in [-0.05, 0) is 26.8 Å². The maximum atomic E-state index is 12.0. The Balaban J connectivity index is 2.06. The molecule has 0 aliphatic rings. The summed E-state index contributed by atoms with van der Waals surface area (Å²) in [6.45, 7) is 5.79. The van der Waals surface area contributed by atoms with Crippen molar-refractivity contribution in [1.82, 2.24) is 25.4 Å². The summed E-state index contributed by atoms with van der Waals surface area (Å²) < 4.78 is 7.06. The SMILES string of the molecule is CCNC(=O)NC(=O)C(C)Sc1nnc(-c2ccoc2C)n1C. The second-order valence-corrected chi connectivity index (χ2v) is 6.17. The van der Waals surface area contributed by atoms with Crippen molar-refractivity contribution < 1.29 is 14.0 Å². The molecular weight excluding hydrogens is 318 g/mol. The number of hydrogen-bond acceptors (Lipinski definition) is 6. The first-order valence-corrected chi connectivity index (χ1v) is 8.01. The molecule has 1 unspecified atom stereocenters. The van der Waals surface area contributed by atoms with Gasteiger partial charge in [0.25, 0.3) is 0 Å². The second kappa shape index (κ2) is 7.32. The molecule has 8 nitrogen and oxygen atoms in total. The van der Waals surface area contributed by atoms with Gasteiger partial charge in [0.1, 0.15) is 5.76 Å². The third-order valence-corrected chi connectivity index (χ3v) is 4.29. The summed E-state index contributed by atoms with van der Waals surface area (Å²) in [4.78, 5) is 23.3. The Labute approximate surface area is 138 Å². The standard InChI is InChI=1S/C14H19N5O3S/c1-5-15-13(21)16-12(20)9(3)23-14-18-17-11(19(14)4)10-6-7-22-8(10)2/h6-7,9H,5H2,1-4H3,(H2,15,16,20,21). The van der Waals surface area contributed by atoms with Crippen LogP contribution in [0.4, 0.5) is 4.79 Å². The molecule has 0 spiro atoms. The van der Waals surface area contributed by atoms with Crippen LogP contribution in [0.5, 0.6) is 0 Å². The zero-order valence-corrected chi connectivity index (χ0v) is 14.2. The molecule has 0 radical (unpaired) electrons. The Morgan fingerprint density at radius 3 is 2.78 bits per heavy atom. The van der Waals surface area contributed by atoms with Crippen molar-refractivity contribution in [3.63, 3.8) is 0 Å². The average molecular weight is 337 g/mol. The maximum Gasteiger partial charge on any atom is 0.321 e. The summed E-state index contributed by atoms with van der Waals surface area (Å²) >= 11 is 1.23. The highest BCUT2D eigenvalue weighted by Crippen LogP contribution is 2.27. The van der Waals surface area contributed by atoms with Gasteiger partial charge in [-0.25, -0.2) is 4.79 Å². The highest BCUT2D eigenvalue weighted by molar-refractivity contribution is 8.00. The molecule has 2 rings (SSSR count). The van der Waals surface area contributed by atoms with E-state index in [-0.39, 0.29) is 5.91 Å². The predicted molar refractivity (Wildman–Crippen MR) is 86.0 cm³/mol.